The molecule has 1 heterocycles. The van der Waals surface area contributed by atoms with Crippen LogP contribution in [0.2, 0.25) is 5.02 Å². The second kappa shape index (κ2) is 6.20. The van der Waals surface area contributed by atoms with Gasteiger partial charge in [-0.05, 0) is 36.8 Å². The van der Waals surface area contributed by atoms with Gasteiger partial charge in [-0.2, -0.15) is 0 Å². The summed E-state index contributed by atoms with van der Waals surface area (Å²) >= 11 is 5.88. The Balaban J connectivity index is 1.70. The maximum atomic E-state index is 12.4. The summed E-state index contributed by atoms with van der Waals surface area (Å²) in [6.45, 7) is 0.601. The molecular formula is C17H15ClN2O2. The molecule has 1 aliphatic rings. The third-order valence-electron chi connectivity index (χ3n) is 3.67. The Labute approximate surface area is 133 Å². The van der Waals surface area contributed by atoms with E-state index in [-0.39, 0.29) is 11.8 Å². The third-order valence-corrected chi connectivity index (χ3v) is 3.90. The van der Waals surface area contributed by atoms with E-state index in [1.807, 2.05) is 30.3 Å². The monoisotopic (exact) mass is 314 g/mol. The van der Waals surface area contributed by atoms with Crippen LogP contribution in [-0.4, -0.2) is 24.4 Å². The molecule has 3 rings (SSSR count). The van der Waals surface area contributed by atoms with Gasteiger partial charge in [0, 0.05) is 22.8 Å². The molecule has 112 valence electrons. The number of carbonyl (C=O) groups excluding carboxylic acids is 2. The molecule has 1 N–H and O–H groups in total. The highest BCUT2D eigenvalue weighted by atomic mass is 35.5. The summed E-state index contributed by atoms with van der Waals surface area (Å²) in [5, 5.41) is 3.28. The predicted octanol–water partition coefficient (Wildman–Crippen LogP) is 2.88. The quantitative estimate of drug-likeness (QED) is 0.947. The van der Waals surface area contributed by atoms with Gasteiger partial charge in [0.15, 0.2) is 0 Å². The molecule has 1 fully saturated rings. The lowest BCUT2D eigenvalue weighted by Crippen LogP contribution is -2.41. The minimum atomic E-state index is -0.494. The molecule has 1 aliphatic heterocycles. The first kappa shape index (κ1) is 14.6. The Bertz CT molecular complexity index is 703. The number of halogens is 1. The molecule has 0 bridgehead atoms. The van der Waals surface area contributed by atoms with Gasteiger partial charge in [0.1, 0.15) is 6.04 Å². The van der Waals surface area contributed by atoms with Crippen molar-refractivity contribution in [1.82, 2.24) is 5.32 Å². The highest BCUT2D eigenvalue weighted by Crippen LogP contribution is 2.21. The fraction of sp³-hybridized carbons (Fsp3) is 0.176. The molecule has 5 heteroatoms. The van der Waals surface area contributed by atoms with Crippen molar-refractivity contribution in [3.63, 3.8) is 0 Å². The highest BCUT2D eigenvalue weighted by Gasteiger charge is 2.33. The summed E-state index contributed by atoms with van der Waals surface area (Å²) in [6, 6.07) is 15.6. The number of carbonyl (C=O) groups is 2. The molecule has 1 atom stereocenters. The lowest BCUT2D eigenvalue weighted by atomic mass is 10.2. The summed E-state index contributed by atoms with van der Waals surface area (Å²) in [6.07, 6.45) is 0.597. The number of amides is 2. The lowest BCUT2D eigenvalue weighted by molar-refractivity contribution is -0.118. The van der Waals surface area contributed by atoms with Crippen molar-refractivity contribution in [2.24, 2.45) is 0 Å². The molecule has 0 spiro atoms. The Morgan fingerprint density at radius 1 is 1.14 bits per heavy atom. The van der Waals surface area contributed by atoms with E-state index in [1.54, 1.807) is 29.2 Å². The molecule has 2 amide bonds. The highest BCUT2D eigenvalue weighted by molar-refractivity contribution is 6.31. The Kier molecular flexibility index (Phi) is 4.11. The number of rotatable bonds is 3. The maximum Gasteiger partial charge on any atom is 0.251 e. The molecule has 0 aliphatic carbocycles. The first-order valence-corrected chi connectivity index (χ1v) is 7.46. The minimum absolute atomic E-state index is 0.0819. The molecule has 4 nitrogen and oxygen atoms in total. The largest absolute Gasteiger partial charge is 0.340 e. The van der Waals surface area contributed by atoms with Crippen molar-refractivity contribution in [3.05, 3.63) is 65.2 Å². The molecule has 2 aromatic carbocycles. The first-order chi connectivity index (χ1) is 10.6. The Hall–Kier alpha value is -2.33. The van der Waals surface area contributed by atoms with Crippen LogP contribution in [0, 0.1) is 0 Å². The zero-order valence-electron chi connectivity index (χ0n) is 11.8. The van der Waals surface area contributed by atoms with E-state index in [0.29, 0.717) is 23.6 Å². The number of hydrogen-bond acceptors (Lipinski definition) is 2. The van der Waals surface area contributed by atoms with Gasteiger partial charge in [-0.25, -0.2) is 0 Å². The summed E-state index contributed by atoms with van der Waals surface area (Å²) in [4.78, 5) is 26.3. The van der Waals surface area contributed by atoms with Gasteiger partial charge in [0.2, 0.25) is 5.91 Å². The lowest BCUT2D eigenvalue weighted by Gasteiger charge is -2.17. The summed E-state index contributed by atoms with van der Waals surface area (Å²) in [5.41, 5.74) is 1.31. The number of para-hydroxylation sites is 1. The van der Waals surface area contributed by atoms with Crippen molar-refractivity contribution in [2.75, 3.05) is 11.4 Å². The third kappa shape index (κ3) is 2.97. The van der Waals surface area contributed by atoms with E-state index in [9.17, 15) is 9.59 Å². The first-order valence-electron chi connectivity index (χ1n) is 7.08. The van der Waals surface area contributed by atoms with Crippen LogP contribution in [0.1, 0.15) is 16.8 Å². The van der Waals surface area contributed by atoms with Crippen LogP contribution in [0.5, 0.6) is 0 Å². The molecule has 0 radical (unpaired) electrons. The van der Waals surface area contributed by atoms with E-state index in [0.717, 1.165) is 5.69 Å². The van der Waals surface area contributed by atoms with E-state index in [1.165, 1.54) is 0 Å². The molecule has 2 aromatic rings. The number of nitrogens with zero attached hydrogens (tertiary/aromatic N) is 1. The molecule has 0 unspecified atom stereocenters. The summed E-state index contributed by atoms with van der Waals surface area (Å²) in [5.74, 6) is -0.364. The van der Waals surface area contributed by atoms with E-state index < -0.39 is 6.04 Å². The van der Waals surface area contributed by atoms with E-state index in [4.69, 9.17) is 11.6 Å². The van der Waals surface area contributed by atoms with Crippen LogP contribution in [0.15, 0.2) is 54.6 Å². The zero-order valence-corrected chi connectivity index (χ0v) is 12.6. The van der Waals surface area contributed by atoms with E-state index >= 15 is 0 Å². The van der Waals surface area contributed by atoms with Crippen molar-refractivity contribution in [3.8, 4) is 0 Å². The van der Waals surface area contributed by atoms with Crippen molar-refractivity contribution < 1.29 is 9.59 Å². The van der Waals surface area contributed by atoms with Crippen molar-refractivity contribution in [2.45, 2.75) is 12.5 Å². The summed E-state index contributed by atoms with van der Waals surface area (Å²) < 4.78 is 0. The van der Waals surface area contributed by atoms with Crippen LogP contribution < -0.4 is 10.2 Å². The molecular weight excluding hydrogens is 300 g/mol. The number of benzene rings is 2. The van der Waals surface area contributed by atoms with Crippen molar-refractivity contribution in [1.29, 1.82) is 0 Å². The summed E-state index contributed by atoms with van der Waals surface area (Å²) in [7, 11) is 0. The van der Waals surface area contributed by atoms with E-state index in [2.05, 4.69) is 5.32 Å². The molecule has 22 heavy (non-hydrogen) atoms. The molecule has 0 aromatic heterocycles. The van der Waals surface area contributed by atoms with Crippen LogP contribution in [0.3, 0.4) is 0 Å². The topological polar surface area (TPSA) is 49.4 Å². The molecule has 1 saturated heterocycles. The Morgan fingerprint density at radius 3 is 2.64 bits per heavy atom. The average Bonchev–Trinajstić information content (AvgIpc) is 2.89. The standard InChI is InChI=1S/C17H15ClN2O2/c18-13-6-4-5-12(11-13)16(21)19-15-9-10-20(17(15)22)14-7-2-1-3-8-14/h1-8,11,15H,9-10H2,(H,19,21)/t15-/m0/s1. The number of anilines is 1. The van der Waals surface area contributed by atoms with Crippen LogP contribution in [0.4, 0.5) is 5.69 Å². The van der Waals surface area contributed by atoms with Gasteiger partial charge in [-0.15, -0.1) is 0 Å². The maximum absolute atomic E-state index is 12.4. The van der Waals surface area contributed by atoms with Gasteiger partial charge in [-0.3, -0.25) is 9.59 Å². The van der Waals surface area contributed by atoms with Crippen LogP contribution >= 0.6 is 11.6 Å². The second-order valence-electron chi connectivity index (χ2n) is 5.15. The fourth-order valence-electron chi connectivity index (χ4n) is 2.55. The van der Waals surface area contributed by atoms with Gasteiger partial charge >= 0.3 is 0 Å². The van der Waals surface area contributed by atoms with Crippen LogP contribution in [0.25, 0.3) is 0 Å². The normalized spacial score (nSPS) is 17.6. The molecule has 0 saturated carbocycles. The average molecular weight is 315 g/mol. The van der Waals surface area contributed by atoms with Crippen LogP contribution in [-0.2, 0) is 4.79 Å². The zero-order chi connectivity index (χ0) is 15.5. The van der Waals surface area contributed by atoms with Crippen molar-refractivity contribution >= 4 is 29.1 Å². The predicted molar refractivity (Wildman–Crippen MR) is 86.1 cm³/mol. The van der Waals surface area contributed by atoms with Gasteiger partial charge in [0.25, 0.3) is 5.91 Å². The number of nitrogens with one attached hydrogen (secondary N) is 1. The Morgan fingerprint density at radius 2 is 1.91 bits per heavy atom. The second-order valence-corrected chi connectivity index (χ2v) is 5.59. The van der Waals surface area contributed by atoms with Gasteiger partial charge in [0.05, 0.1) is 0 Å². The van der Waals surface area contributed by atoms with Gasteiger partial charge in [-0.1, -0.05) is 35.9 Å². The SMILES string of the molecule is O=C(N[C@H]1CCN(c2ccccc2)C1=O)c1cccc(Cl)c1. The fourth-order valence-corrected chi connectivity index (χ4v) is 2.74. The minimum Gasteiger partial charge on any atom is -0.340 e. The number of hydrogen-bond donors (Lipinski definition) is 1. The smallest absolute Gasteiger partial charge is 0.251 e. The van der Waals surface area contributed by atoms with Gasteiger partial charge < -0.3 is 10.2 Å².